The topological polar surface area (TPSA) is 71.5 Å². The minimum atomic E-state index is -0.659. The Morgan fingerprint density at radius 3 is 2.69 bits per heavy atom. The molecule has 0 spiro atoms. The Morgan fingerprint density at radius 2 is 2.04 bits per heavy atom. The number of nitrogens with zero attached hydrogens (tertiary/aromatic N) is 5. The zero-order chi connectivity index (χ0) is 19.1. The maximum absolute atomic E-state index is 14.2. The molecule has 0 bridgehead atoms. The summed E-state index contributed by atoms with van der Waals surface area (Å²) in [6, 6.07) is -0.0342. The van der Waals surface area contributed by atoms with E-state index >= 15 is 0 Å². The first kappa shape index (κ1) is 18.6. The molecule has 1 amide bonds. The van der Waals surface area contributed by atoms with Crippen molar-refractivity contribution in [2.75, 3.05) is 24.5 Å². The number of halogens is 2. The molecule has 1 aliphatic rings. The van der Waals surface area contributed by atoms with Crippen molar-refractivity contribution >= 4 is 34.4 Å². The second-order valence-electron chi connectivity index (χ2n) is 7.29. The van der Waals surface area contributed by atoms with E-state index in [1.807, 2.05) is 32.6 Å². The molecule has 26 heavy (non-hydrogen) atoms. The predicted octanol–water partition coefficient (Wildman–Crippen LogP) is 3.26. The summed E-state index contributed by atoms with van der Waals surface area (Å²) in [6.45, 7) is 8.98. The third-order valence-electron chi connectivity index (χ3n) is 4.11. The molecule has 3 rings (SSSR count). The van der Waals surface area contributed by atoms with Gasteiger partial charge in [0.2, 0.25) is 0 Å². The van der Waals surface area contributed by atoms with Crippen LogP contribution in [0.5, 0.6) is 0 Å². The molecule has 0 radical (unpaired) electrons. The molecular weight excluding hydrogens is 361 g/mol. The fraction of sp³-hybridized carbons (Fsp3) is 0.529. The first-order valence-corrected chi connectivity index (χ1v) is 8.74. The molecule has 3 heterocycles. The molecule has 2 aromatic rings. The molecule has 0 saturated carbocycles. The van der Waals surface area contributed by atoms with Gasteiger partial charge in [-0.15, -0.1) is 0 Å². The highest BCUT2D eigenvalue weighted by Crippen LogP contribution is 2.29. The Hall–Kier alpha value is -2.22. The zero-order valence-corrected chi connectivity index (χ0v) is 15.9. The molecule has 7 nitrogen and oxygen atoms in total. The average Bonchev–Trinajstić information content (AvgIpc) is 2.56. The van der Waals surface area contributed by atoms with Crippen LogP contribution in [0, 0.1) is 5.82 Å². The lowest BCUT2D eigenvalue weighted by Gasteiger charge is -2.41. The third kappa shape index (κ3) is 3.65. The summed E-state index contributed by atoms with van der Waals surface area (Å²) < 4.78 is 19.6. The summed E-state index contributed by atoms with van der Waals surface area (Å²) in [7, 11) is 0. The van der Waals surface area contributed by atoms with Crippen LogP contribution in [-0.4, -0.2) is 57.2 Å². The lowest BCUT2D eigenvalue weighted by molar-refractivity contribution is 0.0218. The van der Waals surface area contributed by atoms with Crippen LogP contribution in [-0.2, 0) is 4.74 Å². The molecule has 1 saturated heterocycles. The van der Waals surface area contributed by atoms with Crippen LogP contribution < -0.4 is 4.90 Å². The lowest BCUT2D eigenvalue weighted by atomic mass is 10.1. The van der Waals surface area contributed by atoms with E-state index < -0.39 is 11.4 Å². The summed E-state index contributed by atoms with van der Waals surface area (Å²) >= 11 is 5.74. The molecule has 0 aliphatic carbocycles. The second kappa shape index (κ2) is 6.83. The van der Waals surface area contributed by atoms with Crippen LogP contribution in [0.25, 0.3) is 10.9 Å². The van der Waals surface area contributed by atoms with Crippen molar-refractivity contribution < 1.29 is 13.9 Å². The Morgan fingerprint density at radius 1 is 1.31 bits per heavy atom. The van der Waals surface area contributed by atoms with Crippen LogP contribution in [0.1, 0.15) is 27.7 Å². The maximum Gasteiger partial charge on any atom is 0.410 e. The van der Waals surface area contributed by atoms with E-state index in [2.05, 4.69) is 15.0 Å². The number of anilines is 1. The van der Waals surface area contributed by atoms with Crippen LogP contribution in [0.15, 0.2) is 12.5 Å². The monoisotopic (exact) mass is 381 g/mol. The van der Waals surface area contributed by atoms with Gasteiger partial charge in [-0.25, -0.2) is 24.1 Å². The summed E-state index contributed by atoms with van der Waals surface area (Å²) in [5.74, 6) is -0.0812. The summed E-state index contributed by atoms with van der Waals surface area (Å²) in [5, 5.41) is 0.275. The fourth-order valence-corrected chi connectivity index (χ4v) is 3.09. The van der Waals surface area contributed by atoms with E-state index in [9.17, 15) is 9.18 Å². The van der Waals surface area contributed by atoms with Crippen LogP contribution in [0.4, 0.5) is 15.0 Å². The second-order valence-corrected chi connectivity index (χ2v) is 7.65. The molecule has 9 heteroatoms. The molecule has 2 aromatic heterocycles. The van der Waals surface area contributed by atoms with Crippen molar-refractivity contribution in [2.24, 2.45) is 0 Å². The SMILES string of the molecule is C[C@H]1CN(C(=O)OC(C)(C)C)CCN1c1ncnc2c(F)c(Cl)ncc12. The van der Waals surface area contributed by atoms with E-state index in [1.165, 1.54) is 12.5 Å². The Bertz CT molecular complexity index is 842. The number of fused-ring (bicyclic) bond motifs is 1. The van der Waals surface area contributed by atoms with Crippen LogP contribution >= 0.6 is 11.6 Å². The normalized spacial score (nSPS) is 18.3. The molecule has 1 fully saturated rings. The number of piperazine rings is 1. The molecule has 0 unspecified atom stereocenters. The van der Waals surface area contributed by atoms with Gasteiger partial charge in [-0.3, -0.25) is 0 Å². The van der Waals surface area contributed by atoms with Gasteiger partial charge < -0.3 is 14.5 Å². The first-order valence-electron chi connectivity index (χ1n) is 8.36. The highest BCUT2D eigenvalue weighted by molar-refractivity contribution is 6.30. The molecule has 0 aromatic carbocycles. The van der Waals surface area contributed by atoms with Gasteiger partial charge in [-0.2, -0.15) is 0 Å². The fourth-order valence-electron chi connectivity index (χ4n) is 2.95. The lowest BCUT2D eigenvalue weighted by Crippen LogP contribution is -2.54. The number of pyridine rings is 1. The Kier molecular flexibility index (Phi) is 4.88. The number of amides is 1. The van der Waals surface area contributed by atoms with Gasteiger partial charge in [-0.1, -0.05) is 11.6 Å². The van der Waals surface area contributed by atoms with E-state index in [0.29, 0.717) is 30.8 Å². The minimum Gasteiger partial charge on any atom is -0.444 e. The van der Waals surface area contributed by atoms with Gasteiger partial charge in [0.05, 0.1) is 5.39 Å². The van der Waals surface area contributed by atoms with Crippen molar-refractivity contribution in [1.82, 2.24) is 19.9 Å². The van der Waals surface area contributed by atoms with Gasteiger partial charge in [0.1, 0.15) is 23.3 Å². The number of carbonyl (C=O) groups is 1. The minimum absolute atomic E-state index is 0.0342. The summed E-state index contributed by atoms with van der Waals surface area (Å²) in [5.41, 5.74) is -0.403. The van der Waals surface area contributed by atoms with Gasteiger partial charge >= 0.3 is 6.09 Å². The molecular formula is C17H21ClFN5O2. The number of aromatic nitrogens is 3. The third-order valence-corrected chi connectivity index (χ3v) is 4.37. The largest absolute Gasteiger partial charge is 0.444 e. The number of rotatable bonds is 1. The van der Waals surface area contributed by atoms with Gasteiger partial charge in [0, 0.05) is 31.9 Å². The van der Waals surface area contributed by atoms with E-state index in [0.717, 1.165) is 0 Å². The average molecular weight is 382 g/mol. The Balaban J connectivity index is 1.84. The summed E-state index contributed by atoms with van der Waals surface area (Å²) in [6.07, 6.45) is 2.45. The van der Waals surface area contributed by atoms with E-state index in [4.69, 9.17) is 16.3 Å². The zero-order valence-electron chi connectivity index (χ0n) is 15.2. The number of carbonyl (C=O) groups excluding carboxylic acids is 1. The van der Waals surface area contributed by atoms with E-state index in [-0.39, 0.29) is 22.8 Å². The van der Waals surface area contributed by atoms with Crippen molar-refractivity contribution in [3.05, 3.63) is 23.5 Å². The van der Waals surface area contributed by atoms with Gasteiger partial charge in [-0.05, 0) is 27.7 Å². The van der Waals surface area contributed by atoms with E-state index in [1.54, 1.807) is 4.90 Å². The van der Waals surface area contributed by atoms with Crippen molar-refractivity contribution in [1.29, 1.82) is 0 Å². The number of ether oxygens (including phenoxy) is 1. The summed E-state index contributed by atoms with van der Waals surface area (Å²) in [4.78, 5) is 28.1. The molecule has 1 atom stereocenters. The smallest absolute Gasteiger partial charge is 0.410 e. The number of hydrogen-bond acceptors (Lipinski definition) is 6. The first-order chi connectivity index (χ1) is 12.2. The molecule has 1 aliphatic heterocycles. The number of hydrogen-bond donors (Lipinski definition) is 0. The quantitative estimate of drug-likeness (QED) is 0.706. The van der Waals surface area contributed by atoms with Crippen molar-refractivity contribution in [3.8, 4) is 0 Å². The predicted molar refractivity (Wildman–Crippen MR) is 96.9 cm³/mol. The Labute approximate surface area is 156 Å². The molecule has 0 N–H and O–H groups in total. The van der Waals surface area contributed by atoms with Gasteiger partial charge in [0.15, 0.2) is 11.0 Å². The standard InChI is InChI=1S/C17H21ClFN5O2/c1-10-8-23(16(25)26-17(2,3)4)5-6-24(10)15-11-7-20-14(18)12(19)13(11)21-9-22-15/h7,9-10H,5-6,8H2,1-4H3/t10-/m0/s1. The van der Waals surface area contributed by atoms with Gasteiger partial charge in [0.25, 0.3) is 0 Å². The molecule has 140 valence electrons. The highest BCUT2D eigenvalue weighted by atomic mass is 35.5. The van der Waals surface area contributed by atoms with Crippen molar-refractivity contribution in [3.63, 3.8) is 0 Å². The highest BCUT2D eigenvalue weighted by Gasteiger charge is 2.31. The van der Waals surface area contributed by atoms with Crippen LogP contribution in [0.2, 0.25) is 5.15 Å². The maximum atomic E-state index is 14.2. The van der Waals surface area contributed by atoms with Crippen LogP contribution in [0.3, 0.4) is 0 Å². The van der Waals surface area contributed by atoms with Crippen molar-refractivity contribution in [2.45, 2.75) is 39.3 Å².